The van der Waals surface area contributed by atoms with Crippen molar-refractivity contribution in [3.05, 3.63) is 59.7 Å². The van der Waals surface area contributed by atoms with Crippen LogP contribution in [-0.4, -0.2) is 17.8 Å². The van der Waals surface area contributed by atoms with Crippen molar-refractivity contribution in [2.75, 3.05) is 10.8 Å². The number of imide groups is 1. The fourth-order valence-corrected chi connectivity index (χ4v) is 2.47. The number of anilines is 2. The SMILES string of the molecule is O=C(CCl)NC(=O)N1c2ccccc2C=Cc2ccccc21. The highest BCUT2D eigenvalue weighted by molar-refractivity contribution is 6.29. The highest BCUT2D eigenvalue weighted by Crippen LogP contribution is 2.36. The van der Waals surface area contributed by atoms with Crippen LogP contribution in [0.2, 0.25) is 0 Å². The van der Waals surface area contributed by atoms with E-state index >= 15 is 0 Å². The molecule has 2 aromatic carbocycles. The van der Waals surface area contributed by atoms with Crippen LogP contribution in [0.3, 0.4) is 0 Å². The van der Waals surface area contributed by atoms with E-state index in [1.54, 1.807) is 0 Å². The summed E-state index contributed by atoms with van der Waals surface area (Å²) in [6, 6.07) is 14.5. The summed E-state index contributed by atoms with van der Waals surface area (Å²) in [6.45, 7) is 0. The number of rotatable bonds is 1. The molecular weight excluding hydrogens is 300 g/mol. The van der Waals surface area contributed by atoms with Crippen molar-refractivity contribution in [3.8, 4) is 0 Å². The van der Waals surface area contributed by atoms with E-state index in [9.17, 15) is 9.59 Å². The van der Waals surface area contributed by atoms with Gasteiger partial charge in [-0.15, -0.1) is 11.6 Å². The zero-order chi connectivity index (χ0) is 15.5. The first kappa shape index (κ1) is 14.4. The number of fused-ring (bicyclic) bond motifs is 2. The zero-order valence-electron chi connectivity index (χ0n) is 11.6. The van der Waals surface area contributed by atoms with Crippen molar-refractivity contribution in [2.45, 2.75) is 0 Å². The van der Waals surface area contributed by atoms with Gasteiger partial charge in [0.2, 0.25) is 5.91 Å². The van der Waals surface area contributed by atoms with Crippen LogP contribution in [-0.2, 0) is 4.79 Å². The molecule has 1 heterocycles. The molecular formula is C17H13ClN2O2. The van der Waals surface area contributed by atoms with Crippen molar-refractivity contribution < 1.29 is 9.59 Å². The van der Waals surface area contributed by atoms with Crippen LogP contribution in [0, 0.1) is 0 Å². The van der Waals surface area contributed by atoms with E-state index in [1.807, 2.05) is 60.7 Å². The molecule has 0 saturated carbocycles. The molecule has 1 N–H and O–H groups in total. The maximum atomic E-state index is 12.6. The Morgan fingerprint density at radius 1 is 0.909 bits per heavy atom. The molecule has 3 amide bonds. The second-order valence-electron chi connectivity index (χ2n) is 4.77. The molecule has 0 aromatic heterocycles. The molecule has 0 saturated heterocycles. The third-order valence-electron chi connectivity index (χ3n) is 3.37. The number of halogens is 1. The average molecular weight is 313 g/mol. The van der Waals surface area contributed by atoms with Gasteiger partial charge in [-0.3, -0.25) is 15.0 Å². The van der Waals surface area contributed by atoms with Crippen molar-refractivity contribution in [3.63, 3.8) is 0 Å². The van der Waals surface area contributed by atoms with Gasteiger partial charge in [-0.05, 0) is 23.3 Å². The molecule has 5 heteroatoms. The predicted octanol–water partition coefficient (Wildman–Crippen LogP) is 3.78. The van der Waals surface area contributed by atoms with Crippen LogP contribution in [0.1, 0.15) is 11.1 Å². The monoisotopic (exact) mass is 312 g/mol. The van der Waals surface area contributed by atoms with Gasteiger partial charge in [-0.1, -0.05) is 48.6 Å². The standard InChI is InChI=1S/C17H13ClN2O2/c18-11-16(21)19-17(22)20-14-7-3-1-5-12(14)9-10-13-6-2-4-8-15(13)20/h1-10H,11H2,(H,19,21,22). The lowest BCUT2D eigenvalue weighted by atomic mass is 10.1. The number of nitrogens with zero attached hydrogens (tertiary/aromatic N) is 1. The Morgan fingerprint density at radius 2 is 1.41 bits per heavy atom. The van der Waals surface area contributed by atoms with Crippen molar-refractivity contribution in [1.29, 1.82) is 0 Å². The quantitative estimate of drug-likeness (QED) is 0.815. The predicted molar refractivity (Wildman–Crippen MR) is 88.2 cm³/mol. The summed E-state index contributed by atoms with van der Waals surface area (Å²) in [4.78, 5) is 25.5. The first-order chi connectivity index (χ1) is 10.7. The van der Waals surface area contributed by atoms with Crippen molar-refractivity contribution in [2.24, 2.45) is 0 Å². The van der Waals surface area contributed by atoms with E-state index in [4.69, 9.17) is 11.6 Å². The van der Waals surface area contributed by atoms with Crippen LogP contribution < -0.4 is 10.2 Å². The molecule has 0 unspecified atom stereocenters. The molecule has 0 bridgehead atoms. The van der Waals surface area contributed by atoms with E-state index in [-0.39, 0.29) is 5.88 Å². The van der Waals surface area contributed by atoms with Gasteiger partial charge in [0.05, 0.1) is 11.4 Å². The number of hydrogen-bond acceptors (Lipinski definition) is 2. The Bertz CT molecular complexity index is 721. The van der Waals surface area contributed by atoms with Gasteiger partial charge < -0.3 is 0 Å². The lowest BCUT2D eigenvalue weighted by molar-refractivity contribution is -0.117. The normalized spacial score (nSPS) is 12.1. The number of alkyl halides is 1. The Morgan fingerprint density at radius 3 is 1.91 bits per heavy atom. The molecule has 22 heavy (non-hydrogen) atoms. The van der Waals surface area contributed by atoms with E-state index in [0.717, 1.165) is 11.1 Å². The average Bonchev–Trinajstić information content (AvgIpc) is 2.71. The minimum atomic E-state index is -0.529. The molecule has 0 fully saturated rings. The molecule has 1 aliphatic rings. The maximum Gasteiger partial charge on any atom is 0.333 e. The van der Waals surface area contributed by atoms with Crippen LogP contribution in [0.25, 0.3) is 12.2 Å². The third kappa shape index (κ3) is 2.61. The molecule has 3 rings (SSSR count). The molecule has 0 radical (unpaired) electrons. The molecule has 1 aliphatic heterocycles. The maximum absolute atomic E-state index is 12.6. The minimum absolute atomic E-state index is 0.263. The Hall–Kier alpha value is -2.59. The van der Waals surface area contributed by atoms with Gasteiger partial charge in [-0.25, -0.2) is 4.79 Å². The lowest BCUT2D eigenvalue weighted by Gasteiger charge is -2.24. The molecule has 0 atom stereocenters. The highest BCUT2D eigenvalue weighted by Gasteiger charge is 2.24. The molecule has 0 aliphatic carbocycles. The van der Waals surface area contributed by atoms with Gasteiger partial charge in [-0.2, -0.15) is 0 Å². The van der Waals surface area contributed by atoms with Gasteiger partial charge in [0.15, 0.2) is 0 Å². The van der Waals surface area contributed by atoms with Crippen LogP contribution >= 0.6 is 11.6 Å². The van der Waals surface area contributed by atoms with Gasteiger partial charge in [0.1, 0.15) is 5.88 Å². The third-order valence-corrected chi connectivity index (χ3v) is 3.61. The Labute approximate surface area is 133 Å². The fourth-order valence-electron chi connectivity index (χ4n) is 2.40. The number of carbonyl (C=O) groups is 2. The number of hydrogen-bond donors (Lipinski definition) is 1. The zero-order valence-corrected chi connectivity index (χ0v) is 12.4. The number of para-hydroxylation sites is 2. The van der Waals surface area contributed by atoms with Crippen molar-refractivity contribution >= 4 is 47.1 Å². The van der Waals surface area contributed by atoms with Crippen LogP contribution in [0.5, 0.6) is 0 Å². The minimum Gasteiger partial charge on any atom is -0.276 e. The number of nitrogens with one attached hydrogen (secondary N) is 1. The second kappa shape index (κ2) is 6.03. The van der Waals surface area contributed by atoms with E-state index in [1.165, 1.54) is 4.90 Å². The summed E-state index contributed by atoms with van der Waals surface area (Å²) in [6.07, 6.45) is 3.90. The molecule has 110 valence electrons. The largest absolute Gasteiger partial charge is 0.333 e. The van der Waals surface area contributed by atoms with E-state index in [2.05, 4.69) is 5.32 Å². The highest BCUT2D eigenvalue weighted by atomic mass is 35.5. The smallest absolute Gasteiger partial charge is 0.276 e. The summed E-state index contributed by atoms with van der Waals surface area (Å²) < 4.78 is 0. The van der Waals surface area contributed by atoms with Gasteiger partial charge in [0, 0.05) is 0 Å². The summed E-state index contributed by atoms with van der Waals surface area (Å²) in [7, 11) is 0. The number of benzene rings is 2. The van der Waals surface area contributed by atoms with Gasteiger partial charge in [0.25, 0.3) is 0 Å². The fraction of sp³-hybridized carbons (Fsp3) is 0.0588. The summed E-state index contributed by atoms with van der Waals surface area (Å²) in [5, 5.41) is 2.30. The summed E-state index contributed by atoms with van der Waals surface area (Å²) >= 11 is 5.47. The second-order valence-corrected chi connectivity index (χ2v) is 5.04. The van der Waals surface area contributed by atoms with Gasteiger partial charge >= 0.3 is 6.03 Å². The topological polar surface area (TPSA) is 49.4 Å². The number of urea groups is 1. The van der Waals surface area contributed by atoms with E-state index < -0.39 is 11.9 Å². The lowest BCUT2D eigenvalue weighted by Crippen LogP contribution is -2.41. The van der Waals surface area contributed by atoms with E-state index in [0.29, 0.717) is 11.4 Å². The Balaban J connectivity index is 2.13. The Kier molecular flexibility index (Phi) is 3.94. The first-order valence-corrected chi connectivity index (χ1v) is 7.30. The van der Waals surface area contributed by atoms with Crippen LogP contribution in [0.15, 0.2) is 48.5 Å². The molecule has 2 aromatic rings. The number of carbonyl (C=O) groups excluding carboxylic acids is 2. The molecule has 4 nitrogen and oxygen atoms in total. The van der Waals surface area contributed by atoms with Crippen molar-refractivity contribution in [1.82, 2.24) is 5.32 Å². The molecule has 0 spiro atoms. The number of amides is 3. The first-order valence-electron chi connectivity index (χ1n) is 6.77. The summed E-state index contributed by atoms with van der Waals surface area (Å²) in [5.74, 6) is -0.792. The van der Waals surface area contributed by atoms with Crippen LogP contribution in [0.4, 0.5) is 16.2 Å². The summed E-state index contributed by atoms with van der Waals surface area (Å²) in [5.41, 5.74) is 3.21.